The molecule has 2 aromatic carbocycles. The van der Waals surface area contributed by atoms with E-state index in [9.17, 15) is 4.79 Å². The molecule has 0 aliphatic rings. The Balaban J connectivity index is 2.36. The van der Waals surface area contributed by atoms with Crippen LogP contribution >= 0.6 is 35.4 Å². The summed E-state index contributed by atoms with van der Waals surface area (Å²) in [5.74, 6) is -0.413. The summed E-state index contributed by atoms with van der Waals surface area (Å²) in [6.45, 7) is 0. The van der Waals surface area contributed by atoms with Crippen molar-refractivity contribution in [1.82, 2.24) is 0 Å². The number of carbonyl (C=O) groups is 1. The van der Waals surface area contributed by atoms with Crippen LogP contribution in [0.4, 0.5) is 5.69 Å². The number of rotatable bonds is 3. The number of benzene rings is 2. The molecule has 0 fully saturated rings. The van der Waals surface area contributed by atoms with Crippen molar-refractivity contribution < 1.29 is 4.79 Å². The lowest BCUT2D eigenvalue weighted by Crippen LogP contribution is -2.18. The first-order valence-electron chi connectivity index (χ1n) is 5.65. The summed E-state index contributed by atoms with van der Waals surface area (Å²) in [6.07, 6.45) is 0. The predicted octanol–water partition coefficient (Wildman–Crippen LogP) is 3.88. The van der Waals surface area contributed by atoms with Gasteiger partial charge in [-0.1, -0.05) is 53.6 Å². The topological polar surface area (TPSA) is 55.1 Å². The molecular formula is C14H10Cl2N2OS. The minimum Gasteiger partial charge on any atom is -0.389 e. The van der Waals surface area contributed by atoms with E-state index in [-0.39, 0.29) is 20.6 Å². The van der Waals surface area contributed by atoms with Gasteiger partial charge in [-0.25, -0.2) is 0 Å². The number of thiocarbonyl (C=S) groups is 1. The summed E-state index contributed by atoms with van der Waals surface area (Å²) in [5.41, 5.74) is 6.93. The molecule has 0 aromatic heterocycles. The van der Waals surface area contributed by atoms with Gasteiger partial charge in [-0.2, -0.15) is 0 Å². The second kappa shape index (κ2) is 6.22. The van der Waals surface area contributed by atoms with Gasteiger partial charge in [0, 0.05) is 5.56 Å². The molecule has 0 atom stereocenters. The number of hydrogen-bond acceptors (Lipinski definition) is 2. The van der Waals surface area contributed by atoms with Gasteiger partial charge >= 0.3 is 0 Å². The summed E-state index contributed by atoms with van der Waals surface area (Å²) in [4.78, 5) is 12.5. The van der Waals surface area contributed by atoms with E-state index in [0.717, 1.165) is 0 Å². The lowest BCUT2D eigenvalue weighted by Gasteiger charge is -2.11. The molecule has 1 amide bonds. The fourth-order valence-corrected chi connectivity index (χ4v) is 2.45. The van der Waals surface area contributed by atoms with Crippen molar-refractivity contribution in [3.8, 4) is 0 Å². The van der Waals surface area contributed by atoms with Crippen molar-refractivity contribution in [1.29, 1.82) is 0 Å². The van der Waals surface area contributed by atoms with Crippen molar-refractivity contribution in [2.45, 2.75) is 0 Å². The van der Waals surface area contributed by atoms with Crippen molar-refractivity contribution >= 4 is 52.0 Å². The second-order valence-corrected chi connectivity index (χ2v) is 5.21. The van der Waals surface area contributed by atoms with Crippen LogP contribution in [0.2, 0.25) is 10.0 Å². The zero-order valence-corrected chi connectivity index (χ0v) is 12.5. The van der Waals surface area contributed by atoms with Crippen molar-refractivity contribution in [2.75, 3.05) is 5.32 Å². The predicted molar refractivity (Wildman–Crippen MR) is 86.7 cm³/mol. The van der Waals surface area contributed by atoms with E-state index in [1.807, 2.05) is 0 Å². The maximum atomic E-state index is 12.3. The van der Waals surface area contributed by atoms with Crippen molar-refractivity contribution in [3.63, 3.8) is 0 Å². The van der Waals surface area contributed by atoms with Gasteiger partial charge in [-0.15, -0.1) is 0 Å². The van der Waals surface area contributed by atoms with E-state index < -0.39 is 5.91 Å². The van der Waals surface area contributed by atoms with Crippen LogP contribution in [0.1, 0.15) is 15.9 Å². The van der Waals surface area contributed by atoms with Crippen LogP contribution in [0.25, 0.3) is 0 Å². The zero-order chi connectivity index (χ0) is 14.7. The minimum atomic E-state index is -0.413. The highest BCUT2D eigenvalue weighted by Crippen LogP contribution is 2.26. The number of anilines is 1. The molecule has 102 valence electrons. The summed E-state index contributed by atoms with van der Waals surface area (Å²) in [6, 6.07) is 11.9. The number of carbonyl (C=O) groups excluding carboxylic acids is 1. The third-order valence-electron chi connectivity index (χ3n) is 2.63. The van der Waals surface area contributed by atoms with Crippen molar-refractivity contribution in [3.05, 3.63) is 63.6 Å². The lowest BCUT2D eigenvalue weighted by atomic mass is 10.1. The molecule has 2 rings (SSSR count). The van der Waals surface area contributed by atoms with Crippen LogP contribution in [-0.2, 0) is 0 Å². The molecule has 0 saturated carbocycles. The number of hydrogen-bond donors (Lipinski definition) is 2. The molecule has 0 radical (unpaired) electrons. The van der Waals surface area contributed by atoms with E-state index in [1.54, 1.807) is 42.5 Å². The quantitative estimate of drug-likeness (QED) is 0.842. The minimum absolute atomic E-state index is 0.200. The Morgan fingerprint density at radius 1 is 1.05 bits per heavy atom. The van der Waals surface area contributed by atoms with Crippen LogP contribution in [0, 0.1) is 0 Å². The third-order valence-corrected chi connectivity index (χ3v) is 3.48. The summed E-state index contributed by atoms with van der Waals surface area (Å²) in [7, 11) is 0. The molecule has 20 heavy (non-hydrogen) atoms. The highest BCUT2D eigenvalue weighted by Gasteiger charge is 2.16. The monoisotopic (exact) mass is 324 g/mol. The van der Waals surface area contributed by atoms with E-state index in [4.69, 9.17) is 41.2 Å². The molecule has 0 aliphatic heterocycles. The smallest absolute Gasteiger partial charge is 0.258 e. The molecule has 3 nitrogen and oxygen atoms in total. The van der Waals surface area contributed by atoms with E-state index in [2.05, 4.69) is 5.32 Å². The molecule has 0 heterocycles. The standard InChI is InChI=1S/C14H10Cl2N2OS/c15-9-5-3-6-10(16)12(9)14(19)18-11-7-2-1-4-8(11)13(17)20/h1-7H,(H2,17,20)(H,18,19). The average Bonchev–Trinajstić information content (AvgIpc) is 2.38. The lowest BCUT2D eigenvalue weighted by molar-refractivity contribution is 0.102. The van der Waals surface area contributed by atoms with Gasteiger partial charge in [0.05, 0.1) is 21.3 Å². The van der Waals surface area contributed by atoms with E-state index >= 15 is 0 Å². The van der Waals surface area contributed by atoms with Crippen LogP contribution in [0.5, 0.6) is 0 Å². The van der Waals surface area contributed by atoms with Crippen LogP contribution in [0.3, 0.4) is 0 Å². The Bertz CT molecular complexity index is 668. The van der Waals surface area contributed by atoms with Crippen molar-refractivity contribution in [2.24, 2.45) is 5.73 Å². The molecule has 2 aromatic rings. The van der Waals surface area contributed by atoms with Crippen LogP contribution in [-0.4, -0.2) is 10.9 Å². The summed E-state index contributed by atoms with van der Waals surface area (Å²) >= 11 is 16.9. The number of amides is 1. The first kappa shape index (κ1) is 14.8. The Morgan fingerprint density at radius 3 is 2.25 bits per heavy atom. The van der Waals surface area contributed by atoms with Gasteiger partial charge in [0.1, 0.15) is 4.99 Å². The maximum Gasteiger partial charge on any atom is 0.258 e. The number of nitrogens with two attached hydrogens (primary N) is 1. The normalized spacial score (nSPS) is 10.1. The largest absolute Gasteiger partial charge is 0.389 e. The molecule has 6 heteroatoms. The van der Waals surface area contributed by atoms with Gasteiger partial charge in [0.25, 0.3) is 5.91 Å². The molecule has 0 bridgehead atoms. The highest BCUT2D eigenvalue weighted by atomic mass is 35.5. The molecule has 0 unspecified atom stereocenters. The highest BCUT2D eigenvalue weighted by molar-refractivity contribution is 7.80. The van der Waals surface area contributed by atoms with E-state index in [0.29, 0.717) is 11.3 Å². The van der Waals surface area contributed by atoms with Gasteiger partial charge in [-0.3, -0.25) is 4.79 Å². The molecule has 0 saturated heterocycles. The van der Waals surface area contributed by atoms with Crippen LogP contribution in [0.15, 0.2) is 42.5 Å². The number of halogens is 2. The molecule has 3 N–H and O–H groups in total. The summed E-state index contributed by atoms with van der Waals surface area (Å²) in [5, 5.41) is 3.28. The fourth-order valence-electron chi connectivity index (χ4n) is 1.71. The Morgan fingerprint density at radius 2 is 1.65 bits per heavy atom. The van der Waals surface area contributed by atoms with Gasteiger partial charge < -0.3 is 11.1 Å². The Labute approximate surface area is 131 Å². The SMILES string of the molecule is NC(=S)c1ccccc1NC(=O)c1c(Cl)cccc1Cl. The molecular weight excluding hydrogens is 315 g/mol. The molecule has 0 aliphatic carbocycles. The molecule has 0 spiro atoms. The summed E-state index contributed by atoms with van der Waals surface area (Å²) < 4.78 is 0. The van der Waals surface area contributed by atoms with E-state index in [1.165, 1.54) is 0 Å². The zero-order valence-electron chi connectivity index (χ0n) is 10.2. The van der Waals surface area contributed by atoms with Gasteiger partial charge in [0.15, 0.2) is 0 Å². The Hall–Kier alpha value is -1.62. The first-order chi connectivity index (χ1) is 9.50. The maximum absolute atomic E-state index is 12.3. The second-order valence-electron chi connectivity index (χ2n) is 3.96. The van der Waals surface area contributed by atoms with Crippen LogP contribution < -0.4 is 11.1 Å². The fraction of sp³-hybridized carbons (Fsp3) is 0. The third kappa shape index (κ3) is 3.10. The average molecular weight is 325 g/mol. The van der Waals surface area contributed by atoms with Gasteiger partial charge in [0.2, 0.25) is 0 Å². The number of para-hydroxylation sites is 1. The first-order valence-corrected chi connectivity index (χ1v) is 6.81. The Kier molecular flexibility index (Phi) is 4.60. The number of nitrogens with one attached hydrogen (secondary N) is 1. The van der Waals surface area contributed by atoms with Gasteiger partial charge in [-0.05, 0) is 24.3 Å².